The van der Waals surface area contributed by atoms with Crippen molar-refractivity contribution in [1.29, 1.82) is 0 Å². The van der Waals surface area contributed by atoms with Gasteiger partial charge < -0.3 is 20.8 Å². The lowest BCUT2D eigenvalue weighted by atomic mass is 10.0. The zero-order chi connectivity index (χ0) is 11.4. The van der Waals surface area contributed by atoms with Crippen molar-refractivity contribution in [1.82, 2.24) is 4.90 Å². The van der Waals surface area contributed by atoms with Crippen molar-refractivity contribution in [3.63, 3.8) is 0 Å². The van der Waals surface area contributed by atoms with Gasteiger partial charge in [-0.25, -0.2) is 0 Å². The molecule has 0 aromatic heterocycles. The van der Waals surface area contributed by atoms with Crippen molar-refractivity contribution < 1.29 is 10.2 Å². The van der Waals surface area contributed by atoms with Crippen LogP contribution in [0, 0.1) is 0 Å². The summed E-state index contributed by atoms with van der Waals surface area (Å²) in [7, 11) is 3.64. The first-order chi connectivity index (χ1) is 7.06. The van der Waals surface area contributed by atoms with E-state index in [1.165, 1.54) is 0 Å². The van der Waals surface area contributed by atoms with Crippen molar-refractivity contribution in [2.75, 3.05) is 26.4 Å². The highest BCUT2D eigenvalue weighted by atomic mass is 16.3. The highest BCUT2D eigenvalue weighted by molar-refractivity contribution is 5.40. The molecule has 4 nitrogen and oxygen atoms in total. The Labute approximate surface area is 89.9 Å². The van der Waals surface area contributed by atoms with E-state index in [1.54, 1.807) is 29.2 Å². The lowest BCUT2D eigenvalue weighted by Crippen LogP contribution is -2.37. The van der Waals surface area contributed by atoms with E-state index in [2.05, 4.69) is 0 Å². The summed E-state index contributed by atoms with van der Waals surface area (Å²) in [5, 5.41) is 19.2. The Hall–Kier alpha value is -1.10. The fourth-order valence-corrected chi connectivity index (χ4v) is 1.46. The first-order valence-corrected chi connectivity index (χ1v) is 4.87. The Bertz CT molecular complexity index is 298. The monoisotopic (exact) mass is 210 g/mol. The van der Waals surface area contributed by atoms with Crippen LogP contribution in [0.25, 0.3) is 0 Å². The van der Waals surface area contributed by atoms with Gasteiger partial charge in [0.15, 0.2) is 0 Å². The summed E-state index contributed by atoms with van der Waals surface area (Å²) >= 11 is 0. The third kappa shape index (κ3) is 2.92. The molecule has 2 atom stereocenters. The molecule has 0 saturated carbocycles. The van der Waals surface area contributed by atoms with E-state index in [-0.39, 0.29) is 12.6 Å². The maximum atomic E-state index is 10.00. The summed E-state index contributed by atoms with van der Waals surface area (Å²) in [4.78, 5) is 1.79. The number of rotatable bonds is 4. The second-order valence-electron chi connectivity index (χ2n) is 3.83. The Morgan fingerprint density at radius 1 is 1.27 bits per heavy atom. The molecule has 84 valence electrons. The molecule has 0 spiro atoms. The maximum Gasteiger partial charge on any atom is 0.0967 e. The van der Waals surface area contributed by atoms with Gasteiger partial charge in [-0.1, -0.05) is 12.1 Å². The first-order valence-electron chi connectivity index (χ1n) is 4.87. The smallest absolute Gasteiger partial charge is 0.0967 e. The fourth-order valence-electron chi connectivity index (χ4n) is 1.46. The summed E-state index contributed by atoms with van der Waals surface area (Å²) in [6.45, 7) is -0.0848. The molecule has 15 heavy (non-hydrogen) atoms. The molecule has 1 aromatic rings. The van der Waals surface area contributed by atoms with E-state index < -0.39 is 6.10 Å². The summed E-state index contributed by atoms with van der Waals surface area (Å²) in [5.41, 5.74) is 6.98. The molecule has 0 unspecified atom stereocenters. The minimum absolute atomic E-state index is 0.0848. The number of aliphatic hydroxyl groups excluding tert-OH is 2. The average molecular weight is 210 g/mol. The van der Waals surface area contributed by atoms with Crippen molar-refractivity contribution in [3.05, 3.63) is 29.8 Å². The topological polar surface area (TPSA) is 69.7 Å². The molecular formula is C11H18N2O2. The molecule has 0 radical (unpaired) electrons. The second kappa shape index (κ2) is 5.11. The van der Waals surface area contributed by atoms with E-state index >= 15 is 0 Å². The number of nitrogens with two attached hydrogens (primary N) is 1. The van der Waals surface area contributed by atoms with Gasteiger partial charge in [-0.15, -0.1) is 0 Å². The van der Waals surface area contributed by atoms with Gasteiger partial charge in [0.05, 0.1) is 18.8 Å². The van der Waals surface area contributed by atoms with Crippen molar-refractivity contribution in [3.8, 4) is 0 Å². The van der Waals surface area contributed by atoms with Crippen molar-refractivity contribution >= 4 is 5.69 Å². The molecule has 4 N–H and O–H groups in total. The molecule has 0 bridgehead atoms. The van der Waals surface area contributed by atoms with Crippen LogP contribution in [0.15, 0.2) is 24.3 Å². The van der Waals surface area contributed by atoms with Crippen molar-refractivity contribution in [2.45, 2.75) is 12.1 Å². The molecule has 0 heterocycles. The molecule has 0 amide bonds. The largest absolute Gasteiger partial charge is 0.399 e. The first kappa shape index (κ1) is 12.0. The number of nitrogens with zero attached hydrogens (tertiary/aromatic N) is 1. The van der Waals surface area contributed by atoms with Gasteiger partial charge in [0.1, 0.15) is 0 Å². The molecule has 4 heteroatoms. The molecule has 1 rings (SSSR count). The highest BCUT2D eigenvalue weighted by Gasteiger charge is 2.21. The van der Waals surface area contributed by atoms with Gasteiger partial charge in [0.2, 0.25) is 0 Å². The van der Waals surface area contributed by atoms with Crippen LogP contribution in [0.1, 0.15) is 11.7 Å². The van der Waals surface area contributed by atoms with Crippen LogP contribution >= 0.6 is 0 Å². The number of aliphatic hydroxyl groups is 2. The van der Waals surface area contributed by atoms with Crippen LogP contribution in [-0.4, -0.2) is 41.9 Å². The van der Waals surface area contributed by atoms with Gasteiger partial charge in [0.25, 0.3) is 0 Å². The summed E-state index contributed by atoms with van der Waals surface area (Å²) < 4.78 is 0. The molecular weight excluding hydrogens is 192 g/mol. The number of hydrogen-bond acceptors (Lipinski definition) is 4. The predicted octanol–water partition coefficient (Wildman–Crippen LogP) is 0.225. The molecule has 0 aliphatic heterocycles. The van der Waals surface area contributed by atoms with E-state index in [9.17, 15) is 5.11 Å². The van der Waals surface area contributed by atoms with E-state index in [0.717, 1.165) is 5.56 Å². The lowest BCUT2D eigenvalue weighted by molar-refractivity contribution is 0.0390. The molecule has 0 fully saturated rings. The van der Waals surface area contributed by atoms with Crippen LogP contribution in [0.5, 0.6) is 0 Å². The molecule has 0 saturated heterocycles. The summed E-state index contributed by atoms with van der Waals surface area (Å²) in [6.07, 6.45) is -0.703. The van der Waals surface area contributed by atoms with Gasteiger partial charge in [-0.3, -0.25) is 0 Å². The Morgan fingerprint density at radius 2 is 1.80 bits per heavy atom. The van der Waals surface area contributed by atoms with Gasteiger partial charge in [0, 0.05) is 5.69 Å². The highest BCUT2D eigenvalue weighted by Crippen LogP contribution is 2.20. The standard InChI is InChI=1S/C11H18N2O2/c1-13(2)10(7-14)11(15)8-3-5-9(12)6-4-8/h3-6,10-11,14-15H,7,12H2,1-2H3/t10-,11+/m0/s1. The Morgan fingerprint density at radius 3 is 2.20 bits per heavy atom. The van der Waals surface area contributed by atoms with E-state index in [1.807, 2.05) is 14.1 Å². The Balaban J connectivity index is 2.82. The fraction of sp³-hybridized carbons (Fsp3) is 0.455. The number of hydrogen-bond donors (Lipinski definition) is 3. The normalized spacial score (nSPS) is 15.3. The van der Waals surface area contributed by atoms with Crippen LogP contribution < -0.4 is 5.73 Å². The van der Waals surface area contributed by atoms with Gasteiger partial charge >= 0.3 is 0 Å². The lowest BCUT2D eigenvalue weighted by Gasteiger charge is -2.27. The summed E-state index contributed by atoms with van der Waals surface area (Å²) in [5.74, 6) is 0. The Kier molecular flexibility index (Phi) is 4.08. The molecule has 1 aromatic carbocycles. The van der Waals surface area contributed by atoms with Gasteiger partial charge in [-0.2, -0.15) is 0 Å². The minimum atomic E-state index is -0.703. The number of likely N-dealkylation sites (N-methyl/N-ethyl adjacent to an activating group) is 1. The quantitative estimate of drug-likeness (QED) is 0.622. The van der Waals surface area contributed by atoms with E-state index in [0.29, 0.717) is 5.69 Å². The SMILES string of the molecule is CN(C)[C@@H](CO)[C@H](O)c1ccc(N)cc1. The van der Waals surface area contributed by atoms with Crippen molar-refractivity contribution in [2.24, 2.45) is 0 Å². The maximum absolute atomic E-state index is 10.00. The molecule has 0 aliphatic carbocycles. The number of benzene rings is 1. The number of nitrogen functional groups attached to an aromatic ring is 1. The average Bonchev–Trinajstić information content (AvgIpc) is 2.19. The zero-order valence-electron chi connectivity index (χ0n) is 9.09. The number of anilines is 1. The van der Waals surface area contributed by atoms with Crippen LogP contribution in [-0.2, 0) is 0 Å². The molecule has 0 aliphatic rings. The summed E-state index contributed by atoms with van der Waals surface area (Å²) in [6, 6.07) is 6.72. The third-order valence-corrected chi connectivity index (χ3v) is 2.49. The second-order valence-corrected chi connectivity index (χ2v) is 3.83. The van der Waals surface area contributed by atoms with Gasteiger partial charge in [-0.05, 0) is 31.8 Å². The predicted molar refractivity (Wildman–Crippen MR) is 60.4 cm³/mol. The van der Waals surface area contributed by atoms with Crippen LogP contribution in [0.2, 0.25) is 0 Å². The van der Waals surface area contributed by atoms with E-state index in [4.69, 9.17) is 10.8 Å². The van der Waals surface area contributed by atoms with Crippen LogP contribution in [0.4, 0.5) is 5.69 Å². The minimum Gasteiger partial charge on any atom is -0.399 e. The third-order valence-electron chi connectivity index (χ3n) is 2.49. The zero-order valence-corrected chi connectivity index (χ0v) is 9.09. The van der Waals surface area contributed by atoms with Crippen LogP contribution in [0.3, 0.4) is 0 Å².